The van der Waals surface area contributed by atoms with Gasteiger partial charge in [0.25, 0.3) is 0 Å². The summed E-state index contributed by atoms with van der Waals surface area (Å²) in [7, 11) is 0. The molecule has 38 heavy (non-hydrogen) atoms. The lowest BCUT2D eigenvalue weighted by atomic mass is 9.71. The van der Waals surface area contributed by atoms with Gasteiger partial charge in [-0.1, -0.05) is 99.6 Å². The summed E-state index contributed by atoms with van der Waals surface area (Å²) in [5, 5.41) is 8.09. The van der Waals surface area contributed by atoms with Crippen molar-refractivity contribution >= 4 is 43.7 Å². The average molecular weight is 492 g/mol. The summed E-state index contributed by atoms with van der Waals surface area (Å²) in [4.78, 5) is 2.66. The van der Waals surface area contributed by atoms with E-state index in [0.29, 0.717) is 0 Å². The zero-order valence-electron chi connectivity index (χ0n) is 22.7. The average Bonchev–Trinajstić information content (AvgIpc) is 3.22. The molecule has 2 aliphatic rings. The quantitative estimate of drug-likeness (QED) is 0.218. The van der Waals surface area contributed by atoms with Crippen LogP contribution in [0.4, 0.5) is 11.4 Å². The predicted octanol–water partition coefficient (Wildman–Crippen LogP) is 10.2. The van der Waals surface area contributed by atoms with Crippen LogP contribution >= 0.6 is 0 Å². The molecule has 0 bridgehead atoms. The Bertz CT molecular complexity index is 1860. The zero-order chi connectivity index (χ0) is 25.9. The van der Waals surface area contributed by atoms with Gasteiger partial charge < -0.3 is 4.90 Å². The summed E-state index contributed by atoms with van der Waals surface area (Å²) in [6, 6.07) is 38.8. The number of fused-ring (bicyclic) bond motifs is 3. The molecule has 0 N–H and O–H groups in total. The molecule has 1 aliphatic carbocycles. The maximum atomic E-state index is 2.66. The molecule has 0 aromatic heterocycles. The Morgan fingerprint density at radius 2 is 1.29 bits per heavy atom. The van der Waals surface area contributed by atoms with Gasteiger partial charge in [0.15, 0.2) is 0 Å². The lowest BCUT2D eigenvalue weighted by molar-refractivity contribution is 0.330. The Morgan fingerprint density at radius 1 is 0.605 bits per heavy atom. The van der Waals surface area contributed by atoms with E-state index in [-0.39, 0.29) is 16.4 Å². The van der Waals surface area contributed by atoms with E-state index >= 15 is 0 Å². The maximum Gasteiger partial charge on any atom is 0.0523 e. The van der Waals surface area contributed by atoms with Crippen LogP contribution in [0.15, 0.2) is 103 Å². The van der Waals surface area contributed by atoms with Gasteiger partial charge in [-0.2, -0.15) is 0 Å². The lowest BCUT2D eigenvalue weighted by Crippen LogP contribution is -2.49. The lowest BCUT2D eigenvalue weighted by Gasteiger charge is -2.42. The van der Waals surface area contributed by atoms with Crippen molar-refractivity contribution < 1.29 is 0 Å². The Hall–Kier alpha value is -3.84. The van der Waals surface area contributed by atoms with E-state index in [9.17, 15) is 0 Å². The van der Waals surface area contributed by atoms with Gasteiger partial charge in [0.2, 0.25) is 0 Å². The second-order valence-electron chi connectivity index (χ2n) is 13.0. The molecule has 186 valence electrons. The van der Waals surface area contributed by atoms with Crippen LogP contribution < -0.4 is 4.90 Å². The Balaban J connectivity index is 1.39. The molecule has 1 aliphatic heterocycles. The number of para-hydroxylation sites is 1. The van der Waals surface area contributed by atoms with Crippen molar-refractivity contribution in [2.24, 2.45) is 5.41 Å². The van der Waals surface area contributed by atoms with Crippen molar-refractivity contribution in [1.82, 2.24) is 0 Å². The molecular formula is C37H33N. The van der Waals surface area contributed by atoms with E-state index in [4.69, 9.17) is 0 Å². The van der Waals surface area contributed by atoms with E-state index < -0.39 is 0 Å². The number of hydrogen-bond acceptors (Lipinski definition) is 1. The molecule has 8 rings (SSSR count). The molecule has 1 saturated carbocycles. The molecule has 0 spiro atoms. The first kappa shape index (κ1) is 22.2. The smallest absolute Gasteiger partial charge is 0.0523 e. The summed E-state index contributed by atoms with van der Waals surface area (Å²) in [5.41, 5.74) is 7.22. The van der Waals surface area contributed by atoms with E-state index in [1.54, 1.807) is 0 Å². The van der Waals surface area contributed by atoms with E-state index in [0.717, 1.165) is 0 Å². The third-order valence-electron chi connectivity index (χ3n) is 10.0. The van der Waals surface area contributed by atoms with Crippen LogP contribution in [0.2, 0.25) is 0 Å². The van der Waals surface area contributed by atoms with Crippen molar-refractivity contribution in [3.8, 4) is 11.1 Å². The van der Waals surface area contributed by atoms with Crippen LogP contribution in [-0.4, -0.2) is 5.54 Å². The molecule has 1 nitrogen and oxygen atoms in total. The van der Waals surface area contributed by atoms with Crippen molar-refractivity contribution in [3.63, 3.8) is 0 Å². The third-order valence-corrected chi connectivity index (χ3v) is 10.0. The highest BCUT2D eigenvalue weighted by Gasteiger charge is 2.64. The first-order chi connectivity index (χ1) is 18.3. The Morgan fingerprint density at radius 3 is 2.05 bits per heavy atom. The minimum Gasteiger partial charge on any atom is -0.334 e. The number of benzene rings is 6. The van der Waals surface area contributed by atoms with Gasteiger partial charge in [-0.15, -0.1) is 0 Å². The Kier molecular flexibility index (Phi) is 4.18. The van der Waals surface area contributed by atoms with Crippen LogP contribution in [0.25, 0.3) is 43.4 Å². The van der Waals surface area contributed by atoms with Gasteiger partial charge in [-0.25, -0.2) is 0 Å². The second-order valence-corrected chi connectivity index (χ2v) is 13.0. The first-order valence-electron chi connectivity index (χ1n) is 14.0. The van der Waals surface area contributed by atoms with E-state index in [1.807, 2.05) is 0 Å². The van der Waals surface area contributed by atoms with Crippen LogP contribution in [0.5, 0.6) is 0 Å². The summed E-state index contributed by atoms with van der Waals surface area (Å²) >= 11 is 0. The number of hydrogen-bond donors (Lipinski definition) is 0. The van der Waals surface area contributed by atoms with Gasteiger partial charge in [0.05, 0.1) is 5.54 Å². The summed E-state index contributed by atoms with van der Waals surface area (Å²) in [6.07, 6.45) is 2.36. The van der Waals surface area contributed by atoms with E-state index in [2.05, 4.69) is 136 Å². The minimum atomic E-state index is 0.0292. The largest absolute Gasteiger partial charge is 0.334 e. The molecule has 2 unspecified atom stereocenters. The monoisotopic (exact) mass is 491 g/mol. The second kappa shape index (κ2) is 7.17. The topological polar surface area (TPSA) is 3.24 Å². The maximum absolute atomic E-state index is 2.66. The van der Waals surface area contributed by atoms with Gasteiger partial charge in [0, 0.05) is 16.8 Å². The fraction of sp³-hybridized carbons (Fsp3) is 0.243. The SMILES string of the molecule is CC1(C)CC2(C)c3cc(-c4ccc5ccc6cccc7ccc4c5c67)ccc3N(c3ccccc3)C2(C)C1. The highest BCUT2D eigenvalue weighted by molar-refractivity contribution is 6.25. The van der Waals surface area contributed by atoms with Crippen molar-refractivity contribution in [1.29, 1.82) is 0 Å². The molecule has 6 aromatic rings. The van der Waals surface area contributed by atoms with E-state index in [1.165, 1.54) is 73.2 Å². The fourth-order valence-corrected chi connectivity index (χ4v) is 8.64. The first-order valence-corrected chi connectivity index (χ1v) is 14.0. The van der Waals surface area contributed by atoms with Crippen LogP contribution in [-0.2, 0) is 5.41 Å². The van der Waals surface area contributed by atoms with Crippen molar-refractivity contribution in [3.05, 3.63) is 109 Å². The normalized spacial score (nSPS) is 23.9. The highest BCUT2D eigenvalue weighted by Crippen LogP contribution is 2.67. The molecular weight excluding hydrogens is 458 g/mol. The van der Waals surface area contributed by atoms with Crippen molar-refractivity contribution in [2.75, 3.05) is 4.90 Å². The Labute approximate surface area is 225 Å². The highest BCUT2D eigenvalue weighted by atomic mass is 15.3. The molecule has 2 atom stereocenters. The predicted molar refractivity (Wildman–Crippen MR) is 163 cm³/mol. The summed E-state index contributed by atoms with van der Waals surface area (Å²) in [5.74, 6) is 0. The number of anilines is 2. The molecule has 1 heterocycles. The molecule has 0 amide bonds. The van der Waals surface area contributed by atoms with Gasteiger partial charge in [-0.05, 0) is 98.5 Å². The molecule has 1 fully saturated rings. The number of rotatable bonds is 2. The van der Waals surface area contributed by atoms with Crippen LogP contribution in [0.3, 0.4) is 0 Å². The molecule has 6 aromatic carbocycles. The summed E-state index contributed by atoms with van der Waals surface area (Å²) < 4.78 is 0. The fourth-order valence-electron chi connectivity index (χ4n) is 8.64. The third kappa shape index (κ3) is 2.72. The van der Waals surface area contributed by atoms with Gasteiger partial charge in [-0.3, -0.25) is 0 Å². The minimum absolute atomic E-state index is 0.0292. The zero-order valence-corrected chi connectivity index (χ0v) is 22.7. The van der Waals surface area contributed by atoms with Gasteiger partial charge >= 0.3 is 0 Å². The standard InChI is InChI=1S/C37H33N/c1-35(2)22-36(3)31-21-27(17-20-32(31)38(37(36,4)23-35)28-11-6-5-7-12-28)29-18-15-26-14-13-24-9-8-10-25-16-19-30(29)34(26)33(24)25/h5-21H,22-23H2,1-4H3. The molecule has 1 heteroatoms. The van der Waals surface area contributed by atoms with Crippen LogP contribution in [0.1, 0.15) is 46.1 Å². The van der Waals surface area contributed by atoms with Gasteiger partial charge in [0.1, 0.15) is 0 Å². The summed E-state index contributed by atoms with van der Waals surface area (Å²) in [6.45, 7) is 9.94. The van der Waals surface area contributed by atoms with Crippen LogP contribution in [0, 0.1) is 5.41 Å². The molecule has 0 saturated heterocycles. The van der Waals surface area contributed by atoms with Crippen molar-refractivity contribution in [2.45, 2.75) is 51.5 Å². The number of nitrogens with zero attached hydrogens (tertiary/aromatic N) is 1. The molecule has 0 radical (unpaired) electrons.